The van der Waals surface area contributed by atoms with E-state index in [4.69, 9.17) is 0 Å². The topological polar surface area (TPSA) is 49.4 Å². The summed E-state index contributed by atoms with van der Waals surface area (Å²) in [7, 11) is 0. The number of hydrogen-bond acceptors (Lipinski definition) is 2. The summed E-state index contributed by atoms with van der Waals surface area (Å²) >= 11 is 0. The highest BCUT2D eigenvalue weighted by Crippen LogP contribution is 2.32. The summed E-state index contributed by atoms with van der Waals surface area (Å²) in [6, 6.07) is 18.8. The van der Waals surface area contributed by atoms with Crippen LogP contribution in [0.5, 0.6) is 0 Å². The first kappa shape index (κ1) is 24.0. The van der Waals surface area contributed by atoms with Gasteiger partial charge in [0.05, 0.1) is 5.56 Å². The molecule has 0 spiro atoms. The molecule has 3 aromatic rings. The molecule has 4 nitrogen and oxygen atoms in total. The number of amides is 2. The quantitative estimate of drug-likeness (QED) is 0.460. The molecular weight excluding hydrogens is 429 g/mol. The van der Waals surface area contributed by atoms with Crippen LogP contribution in [0.2, 0.25) is 0 Å². The van der Waals surface area contributed by atoms with Crippen molar-refractivity contribution in [2.75, 3.05) is 18.0 Å². The SMILES string of the molecule is Cc1ccccc1C(=O)NCCCN(C(=O)c1ccccc1C)c1cccc(C(F)(F)F)c1. The Hall–Kier alpha value is -3.61. The molecule has 0 bridgehead atoms. The van der Waals surface area contributed by atoms with E-state index < -0.39 is 17.6 Å². The van der Waals surface area contributed by atoms with Gasteiger partial charge in [0.15, 0.2) is 0 Å². The van der Waals surface area contributed by atoms with Crippen molar-refractivity contribution in [3.63, 3.8) is 0 Å². The molecule has 0 fully saturated rings. The minimum Gasteiger partial charge on any atom is -0.352 e. The van der Waals surface area contributed by atoms with Crippen LogP contribution in [-0.2, 0) is 6.18 Å². The van der Waals surface area contributed by atoms with Crippen molar-refractivity contribution < 1.29 is 22.8 Å². The van der Waals surface area contributed by atoms with Crippen LogP contribution in [0.1, 0.15) is 43.8 Å². The average molecular weight is 454 g/mol. The van der Waals surface area contributed by atoms with Gasteiger partial charge in [0.2, 0.25) is 0 Å². The maximum atomic E-state index is 13.3. The fourth-order valence-corrected chi connectivity index (χ4v) is 3.52. The molecule has 172 valence electrons. The van der Waals surface area contributed by atoms with Gasteiger partial charge in [-0.2, -0.15) is 13.2 Å². The smallest absolute Gasteiger partial charge is 0.352 e. The number of aryl methyl sites for hydroxylation is 2. The van der Waals surface area contributed by atoms with Crippen LogP contribution in [0.25, 0.3) is 0 Å². The summed E-state index contributed by atoms with van der Waals surface area (Å²) in [6.07, 6.45) is -4.15. The predicted octanol–water partition coefficient (Wildman–Crippen LogP) is 5.79. The molecule has 0 aromatic heterocycles. The van der Waals surface area contributed by atoms with E-state index >= 15 is 0 Å². The Morgan fingerprint density at radius 3 is 2.06 bits per heavy atom. The number of carbonyl (C=O) groups excluding carboxylic acids is 2. The van der Waals surface area contributed by atoms with Crippen molar-refractivity contribution in [3.8, 4) is 0 Å². The summed E-state index contributed by atoms with van der Waals surface area (Å²) in [5.74, 6) is -0.624. The molecule has 3 rings (SSSR count). The molecule has 0 atom stereocenters. The molecule has 7 heteroatoms. The van der Waals surface area contributed by atoms with Crippen molar-refractivity contribution in [1.82, 2.24) is 5.32 Å². The number of nitrogens with one attached hydrogen (secondary N) is 1. The normalized spacial score (nSPS) is 11.2. The van der Waals surface area contributed by atoms with Gasteiger partial charge in [0, 0.05) is 29.9 Å². The number of rotatable bonds is 7. The molecule has 33 heavy (non-hydrogen) atoms. The van der Waals surface area contributed by atoms with E-state index in [1.165, 1.54) is 17.0 Å². The second-order valence-corrected chi connectivity index (χ2v) is 7.74. The third kappa shape index (κ3) is 6.00. The molecule has 1 N–H and O–H groups in total. The van der Waals surface area contributed by atoms with Crippen molar-refractivity contribution in [1.29, 1.82) is 0 Å². The highest BCUT2D eigenvalue weighted by Gasteiger charge is 2.31. The third-order valence-electron chi connectivity index (χ3n) is 5.34. The van der Waals surface area contributed by atoms with Gasteiger partial charge in [-0.15, -0.1) is 0 Å². The standard InChI is InChI=1S/C26H25F3N2O2/c1-18-9-3-5-13-22(18)24(32)30-15-8-16-31(25(33)23-14-6-4-10-19(23)2)21-12-7-11-20(17-21)26(27,28)29/h3-7,9-14,17H,8,15-16H2,1-2H3,(H,30,32). The Balaban J connectivity index is 1.78. The van der Waals surface area contributed by atoms with Crippen molar-refractivity contribution >= 4 is 17.5 Å². The average Bonchev–Trinajstić information content (AvgIpc) is 2.78. The molecule has 0 radical (unpaired) electrons. The molecule has 0 saturated carbocycles. The van der Waals surface area contributed by atoms with Crippen molar-refractivity contribution in [2.24, 2.45) is 0 Å². The van der Waals surface area contributed by atoms with Crippen LogP contribution in [0.15, 0.2) is 72.8 Å². The summed E-state index contributed by atoms with van der Waals surface area (Å²) in [5, 5.41) is 2.82. The number of nitrogens with zero attached hydrogens (tertiary/aromatic N) is 1. The molecule has 0 aliphatic carbocycles. The van der Waals surface area contributed by atoms with Gasteiger partial charge >= 0.3 is 6.18 Å². The lowest BCUT2D eigenvalue weighted by atomic mass is 10.1. The van der Waals surface area contributed by atoms with E-state index in [2.05, 4.69) is 5.32 Å². The van der Waals surface area contributed by atoms with E-state index in [9.17, 15) is 22.8 Å². The highest BCUT2D eigenvalue weighted by atomic mass is 19.4. The van der Waals surface area contributed by atoms with E-state index in [1.54, 1.807) is 43.3 Å². The Morgan fingerprint density at radius 1 is 0.848 bits per heavy atom. The zero-order valence-corrected chi connectivity index (χ0v) is 18.4. The summed E-state index contributed by atoms with van der Waals surface area (Å²) < 4.78 is 39.8. The Kier molecular flexibility index (Phi) is 7.53. The maximum absolute atomic E-state index is 13.3. The van der Waals surface area contributed by atoms with Gasteiger partial charge in [0.25, 0.3) is 11.8 Å². The van der Waals surface area contributed by atoms with Gasteiger partial charge in [-0.05, 0) is 61.7 Å². The lowest BCUT2D eigenvalue weighted by Gasteiger charge is -2.25. The van der Waals surface area contributed by atoms with E-state index in [1.807, 2.05) is 19.1 Å². The van der Waals surface area contributed by atoms with E-state index in [0.717, 1.165) is 23.3 Å². The number of anilines is 1. The number of carbonyl (C=O) groups is 2. The predicted molar refractivity (Wildman–Crippen MR) is 122 cm³/mol. The first-order valence-corrected chi connectivity index (χ1v) is 10.6. The van der Waals surface area contributed by atoms with Crippen molar-refractivity contribution in [2.45, 2.75) is 26.4 Å². The van der Waals surface area contributed by atoms with Crippen LogP contribution >= 0.6 is 0 Å². The fourth-order valence-electron chi connectivity index (χ4n) is 3.52. The molecule has 0 aliphatic heterocycles. The highest BCUT2D eigenvalue weighted by molar-refractivity contribution is 6.07. The van der Waals surface area contributed by atoms with E-state index in [-0.39, 0.29) is 24.7 Å². The molecule has 0 aliphatic rings. The Labute approximate surface area is 191 Å². The number of hydrogen-bond donors (Lipinski definition) is 1. The maximum Gasteiger partial charge on any atom is 0.416 e. The zero-order valence-electron chi connectivity index (χ0n) is 18.4. The minimum absolute atomic E-state index is 0.141. The van der Waals surface area contributed by atoms with Gasteiger partial charge in [-0.3, -0.25) is 9.59 Å². The van der Waals surface area contributed by atoms with E-state index in [0.29, 0.717) is 17.5 Å². The largest absolute Gasteiger partial charge is 0.416 e. The molecule has 3 aromatic carbocycles. The van der Waals surface area contributed by atoms with Gasteiger partial charge in [0.1, 0.15) is 0 Å². The van der Waals surface area contributed by atoms with Crippen LogP contribution in [0.4, 0.5) is 18.9 Å². The van der Waals surface area contributed by atoms with Crippen molar-refractivity contribution in [3.05, 3.63) is 101 Å². The summed E-state index contributed by atoms with van der Waals surface area (Å²) in [5.41, 5.74) is 1.88. The fraction of sp³-hybridized carbons (Fsp3) is 0.231. The number of halogens is 3. The van der Waals surface area contributed by atoms with Crippen LogP contribution in [-0.4, -0.2) is 24.9 Å². The summed E-state index contributed by atoms with van der Waals surface area (Å²) in [6.45, 7) is 4.03. The molecule has 0 saturated heterocycles. The van der Waals surface area contributed by atoms with Gasteiger partial charge in [-0.1, -0.05) is 42.5 Å². The Morgan fingerprint density at radius 2 is 1.45 bits per heavy atom. The lowest BCUT2D eigenvalue weighted by Crippen LogP contribution is -2.35. The van der Waals surface area contributed by atoms with Gasteiger partial charge < -0.3 is 10.2 Å². The van der Waals surface area contributed by atoms with Crippen LogP contribution in [0, 0.1) is 13.8 Å². The monoisotopic (exact) mass is 454 g/mol. The Bertz CT molecular complexity index is 1140. The minimum atomic E-state index is -4.52. The lowest BCUT2D eigenvalue weighted by molar-refractivity contribution is -0.137. The molecular formula is C26H25F3N2O2. The first-order chi connectivity index (χ1) is 15.7. The van der Waals surface area contributed by atoms with Crippen LogP contribution < -0.4 is 10.2 Å². The third-order valence-corrected chi connectivity index (χ3v) is 5.34. The number of benzene rings is 3. The molecule has 0 heterocycles. The van der Waals surface area contributed by atoms with Crippen LogP contribution in [0.3, 0.4) is 0 Å². The van der Waals surface area contributed by atoms with Gasteiger partial charge in [-0.25, -0.2) is 0 Å². The summed E-state index contributed by atoms with van der Waals surface area (Å²) in [4.78, 5) is 27.0. The molecule has 2 amide bonds. The first-order valence-electron chi connectivity index (χ1n) is 10.6. The number of alkyl halides is 3. The molecule has 0 unspecified atom stereocenters. The second kappa shape index (κ2) is 10.3. The zero-order chi connectivity index (χ0) is 24.0. The second-order valence-electron chi connectivity index (χ2n) is 7.74.